The minimum Gasteiger partial charge on any atom is -0.361 e. The highest BCUT2D eigenvalue weighted by Gasteiger charge is 2.35. The summed E-state index contributed by atoms with van der Waals surface area (Å²) < 4.78 is 0. The fourth-order valence-electron chi connectivity index (χ4n) is 2.82. The molecule has 94 valence electrons. The van der Waals surface area contributed by atoms with E-state index < -0.39 is 0 Å². The van der Waals surface area contributed by atoms with Gasteiger partial charge in [-0.3, -0.25) is 0 Å². The Morgan fingerprint density at radius 2 is 1.47 bits per heavy atom. The van der Waals surface area contributed by atoms with Crippen LogP contribution in [0.2, 0.25) is 0 Å². The molecule has 0 saturated heterocycles. The number of nitrogens with zero attached hydrogens (tertiary/aromatic N) is 2. The zero-order chi connectivity index (χ0) is 13.6. The van der Waals surface area contributed by atoms with Crippen molar-refractivity contribution in [3.8, 4) is 11.1 Å². The van der Waals surface area contributed by atoms with Crippen LogP contribution in [-0.2, 0) is 5.41 Å². The van der Waals surface area contributed by atoms with Gasteiger partial charge in [0.1, 0.15) is 0 Å². The molecule has 0 spiro atoms. The summed E-state index contributed by atoms with van der Waals surface area (Å²) in [5.74, 6) is 0. The van der Waals surface area contributed by atoms with Crippen molar-refractivity contribution in [2.24, 2.45) is 0 Å². The molecule has 0 N–H and O–H groups in total. The van der Waals surface area contributed by atoms with Crippen LogP contribution >= 0.6 is 0 Å². The Kier molecular flexibility index (Phi) is 2.44. The molecule has 0 radical (unpaired) electrons. The Balaban J connectivity index is 2.42. The first kappa shape index (κ1) is 11.9. The Labute approximate surface area is 113 Å². The molecule has 0 amide bonds. The second-order valence-electron chi connectivity index (χ2n) is 5.97. The zero-order valence-electron chi connectivity index (χ0n) is 11.4. The van der Waals surface area contributed by atoms with Gasteiger partial charge in [-0.25, -0.2) is 0 Å². The topological polar surface area (TPSA) is 36.4 Å². The number of fused-ring (bicyclic) bond motifs is 3. The van der Waals surface area contributed by atoms with E-state index in [0.717, 1.165) is 22.3 Å². The van der Waals surface area contributed by atoms with Crippen LogP contribution in [0, 0.1) is 0 Å². The molecule has 2 aromatic rings. The van der Waals surface area contributed by atoms with Gasteiger partial charge < -0.3 is 5.53 Å². The lowest BCUT2D eigenvalue weighted by Gasteiger charge is -2.21. The molecule has 1 aliphatic carbocycles. The molecule has 0 bridgehead atoms. The fourth-order valence-corrected chi connectivity index (χ4v) is 2.82. The van der Waals surface area contributed by atoms with Crippen LogP contribution in [0.4, 0.5) is 0 Å². The van der Waals surface area contributed by atoms with Crippen molar-refractivity contribution >= 4 is 5.71 Å². The van der Waals surface area contributed by atoms with E-state index in [1.807, 2.05) is 18.2 Å². The molecular weight excluding hydrogens is 232 g/mol. The Bertz CT molecular complexity index is 714. The molecular formula is C17H16N2. The van der Waals surface area contributed by atoms with E-state index in [1.54, 1.807) is 0 Å². The van der Waals surface area contributed by atoms with Crippen LogP contribution < -0.4 is 0 Å². The maximum Gasteiger partial charge on any atom is 0.331 e. The molecule has 19 heavy (non-hydrogen) atoms. The smallest absolute Gasteiger partial charge is 0.331 e. The fraction of sp³-hybridized carbons (Fsp3) is 0.235. The summed E-state index contributed by atoms with van der Waals surface area (Å²) in [4.78, 5) is 3.56. The van der Waals surface area contributed by atoms with E-state index in [-0.39, 0.29) is 5.41 Å². The number of rotatable bonds is 0. The van der Waals surface area contributed by atoms with E-state index in [9.17, 15) is 5.53 Å². The molecule has 2 nitrogen and oxygen atoms in total. The van der Waals surface area contributed by atoms with Crippen molar-refractivity contribution < 1.29 is 4.79 Å². The first-order chi connectivity index (χ1) is 9.04. The van der Waals surface area contributed by atoms with Crippen LogP contribution in [0.15, 0.2) is 42.5 Å². The lowest BCUT2D eigenvalue weighted by Crippen LogP contribution is -2.16. The largest absolute Gasteiger partial charge is 0.361 e. The highest BCUT2D eigenvalue weighted by Crippen LogP contribution is 2.41. The monoisotopic (exact) mass is 248 g/mol. The molecule has 0 fully saturated rings. The van der Waals surface area contributed by atoms with Gasteiger partial charge in [0.2, 0.25) is 0 Å². The standard InChI is InChI=1S/C17H16N2/c1-17(2,3)14-10-6-9-12-11-7-4-5-8-13(11)16(19-18)15(12)14/h4-10H,1-3H3. The SMILES string of the molecule is CC(C)(C)c1cccc2c1C(=[N+]=[N-])c1ccccc1-2. The van der Waals surface area contributed by atoms with E-state index in [0.29, 0.717) is 5.71 Å². The molecule has 0 atom stereocenters. The third-order valence-electron chi connectivity index (χ3n) is 3.68. The van der Waals surface area contributed by atoms with E-state index in [1.165, 1.54) is 5.56 Å². The minimum absolute atomic E-state index is 0.0172. The summed E-state index contributed by atoms with van der Waals surface area (Å²) in [5.41, 5.74) is 15.8. The van der Waals surface area contributed by atoms with Crippen LogP contribution in [0.1, 0.15) is 37.5 Å². The van der Waals surface area contributed by atoms with Gasteiger partial charge in [0.15, 0.2) is 0 Å². The molecule has 2 aromatic carbocycles. The van der Waals surface area contributed by atoms with Gasteiger partial charge in [-0.1, -0.05) is 57.2 Å². The highest BCUT2D eigenvalue weighted by molar-refractivity contribution is 6.22. The number of hydrogen-bond acceptors (Lipinski definition) is 0. The average Bonchev–Trinajstić information content (AvgIpc) is 2.71. The van der Waals surface area contributed by atoms with Crippen LogP contribution in [-0.4, -0.2) is 10.5 Å². The Morgan fingerprint density at radius 1 is 0.842 bits per heavy atom. The van der Waals surface area contributed by atoms with Crippen LogP contribution in [0.25, 0.3) is 16.7 Å². The summed E-state index contributed by atoms with van der Waals surface area (Å²) >= 11 is 0. The number of benzene rings is 2. The molecule has 0 unspecified atom stereocenters. The summed E-state index contributed by atoms with van der Waals surface area (Å²) in [5, 5.41) is 0. The van der Waals surface area contributed by atoms with Gasteiger partial charge in [0.05, 0.1) is 11.1 Å². The minimum atomic E-state index is 0.0172. The first-order valence-electron chi connectivity index (χ1n) is 6.49. The van der Waals surface area contributed by atoms with E-state index >= 15 is 0 Å². The van der Waals surface area contributed by atoms with Crippen molar-refractivity contribution in [1.82, 2.24) is 0 Å². The maximum absolute atomic E-state index is 9.44. The third-order valence-corrected chi connectivity index (χ3v) is 3.68. The van der Waals surface area contributed by atoms with Gasteiger partial charge in [0.25, 0.3) is 0 Å². The normalized spacial score (nSPS) is 12.9. The van der Waals surface area contributed by atoms with E-state index in [4.69, 9.17) is 0 Å². The van der Waals surface area contributed by atoms with Crippen molar-refractivity contribution in [3.63, 3.8) is 0 Å². The lowest BCUT2D eigenvalue weighted by molar-refractivity contribution is -0.00255. The van der Waals surface area contributed by atoms with Crippen molar-refractivity contribution in [3.05, 3.63) is 64.7 Å². The predicted molar refractivity (Wildman–Crippen MR) is 77.4 cm³/mol. The molecule has 1 aliphatic rings. The Hall–Kier alpha value is -2.18. The molecule has 0 aliphatic heterocycles. The number of hydrogen-bond donors (Lipinski definition) is 0. The van der Waals surface area contributed by atoms with E-state index in [2.05, 4.69) is 49.8 Å². The highest BCUT2D eigenvalue weighted by atomic mass is 14.9. The molecule has 0 aromatic heterocycles. The van der Waals surface area contributed by atoms with Gasteiger partial charge in [0, 0.05) is 0 Å². The predicted octanol–water partition coefficient (Wildman–Crippen LogP) is 4.03. The summed E-state index contributed by atoms with van der Waals surface area (Å²) in [7, 11) is 0. The summed E-state index contributed by atoms with van der Waals surface area (Å²) in [6.45, 7) is 6.54. The molecule has 0 saturated carbocycles. The van der Waals surface area contributed by atoms with Crippen LogP contribution in [0.5, 0.6) is 0 Å². The summed E-state index contributed by atoms with van der Waals surface area (Å²) in [6, 6.07) is 14.4. The second-order valence-corrected chi connectivity index (χ2v) is 5.97. The van der Waals surface area contributed by atoms with Crippen molar-refractivity contribution in [1.29, 1.82) is 0 Å². The van der Waals surface area contributed by atoms with Crippen molar-refractivity contribution in [2.45, 2.75) is 26.2 Å². The lowest BCUT2D eigenvalue weighted by atomic mass is 9.82. The first-order valence-corrected chi connectivity index (χ1v) is 6.49. The van der Waals surface area contributed by atoms with Gasteiger partial charge in [-0.15, -0.1) is 0 Å². The zero-order valence-corrected chi connectivity index (χ0v) is 11.4. The van der Waals surface area contributed by atoms with Gasteiger partial charge in [-0.2, -0.15) is 4.79 Å². The Morgan fingerprint density at radius 3 is 2.11 bits per heavy atom. The molecule has 3 rings (SSSR count). The van der Waals surface area contributed by atoms with Gasteiger partial charge in [-0.05, 0) is 28.2 Å². The molecule has 2 heteroatoms. The third kappa shape index (κ3) is 1.65. The summed E-state index contributed by atoms with van der Waals surface area (Å²) in [6.07, 6.45) is 0. The maximum atomic E-state index is 9.44. The van der Waals surface area contributed by atoms with Crippen molar-refractivity contribution in [2.75, 3.05) is 0 Å². The average molecular weight is 248 g/mol. The van der Waals surface area contributed by atoms with Gasteiger partial charge >= 0.3 is 5.71 Å². The molecule has 0 heterocycles. The quantitative estimate of drug-likeness (QED) is 0.425. The second kappa shape index (κ2) is 3.91. The van der Waals surface area contributed by atoms with Crippen LogP contribution in [0.3, 0.4) is 0 Å².